The first-order valence-electron chi connectivity index (χ1n) is 13.0. The van der Waals surface area contributed by atoms with Gasteiger partial charge in [-0.05, 0) is 50.2 Å². The number of aromatic nitrogens is 1. The van der Waals surface area contributed by atoms with Crippen molar-refractivity contribution in [3.63, 3.8) is 0 Å². The Morgan fingerprint density at radius 2 is 1.83 bits per heavy atom. The van der Waals surface area contributed by atoms with Crippen LogP contribution in [0.3, 0.4) is 0 Å². The Bertz CT molecular complexity index is 1900. The third kappa shape index (κ3) is 5.14. The van der Waals surface area contributed by atoms with Crippen molar-refractivity contribution in [3.05, 3.63) is 102 Å². The number of ether oxygens (including phenoxy) is 4. The standard InChI is InChI=1S/C31H28N2O8S/c1-6-40-30(36)26-17(2)32-31-33(27(26)22-15-18(37-3)11-13-23(22)38-4)28(34)25(42-31)16-19-12-14-24(41-19)20-9-7-8-10-21(20)29(35)39-5/h7-16,27H,6H2,1-5H3/b25-16+/t27-/m1/s1. The molecule has 0 unspecified atom stereocenters. The average molecular weight is 589 g/mol. The molecule has 11 heteroatoms. The minimum atomic E-state index is -0.883. The van der Waals surface area contributed by atoms with Crippen LogP contribution in [0.25, 0.3) is 17.4 Å². The molecule has 4 aromatic rings. The summed E-state index contributed by atoms with van der Waals surface area (Å²) in [5, 5.41) is 0. The third-order valence-corrected chi connectivity index (χ3v) is 7.73. The molecule has 0 saturated carbocycles. The summed E-state index contributed by atoms with van der Waals surface area (Å²) in [6.07, 6.45) is 1.61. The lowest BCUT2D eigenvalue weighted by Gasteiger charge is -2.26. The highest BCUT2D eigenvalue weighted by atomic mass is 32.1. The van der Waals surface area contributed by atoms with Crippen molar-refractivity contribution in [2.45, 2.75) is 19.9 Å². The number of benzene rings is 2. The maximum Gasteiger partial charge on any atom is 0.338 e. The van der Waals surface area contributed by atoms with E-state index in [2.05, 4.69) is 4.99 Å². The molecule has 216 valence electrons. The Labute approximate surface area is 244 Å². The molecule has 0 bridgehead atoms. The van der Waals surface area contributed by atoms with Crippen LogP contribution in [0.15, 0.2) is 80.1 Å². The summed E-state index contributed by atoms with van der Waals surface area (Å²) in [4.78, 5) is 44.5. The molecular formula is C31H28N2O8S. The molecule has 1 aliphatic heterocycles. The van der Waals surface area contributed by atoms with Gasteiger partial charge in [-0.15, -0.1) is 0 Å². The molecule has 0 saturated heterocycles. The summed E-state index contributed by atoms with van der Waals surface area (Å²) >= 11 is 1.16. The second-order valence-electron chi connectivity index (χ2n) is 9.15. The van der Waals surface area contributed by atoms with E-state index in [1.165, 1.54) is 25.9 Å². The zero-order valence-corrected chi connectivity index (χ0v) is 24.4. The fourth-order valence-corrected chi connectivity index (χ4v) is 5.86. The lowest BCUT2D eigenvalue weighted by molar-refractivity contribution is -0.139. The van der Waals surface area contributed by atoms with Gasteiger partial charge in [0, 0.05) is 17.2 Å². The highest BCUT2D eigenvalue weighted by molar-refractivity contribution is 7.07. The maximum absolute atomic E-state index is 14.0. The van der Waals surface area contributed by atoms with Crippen LogP contribution in [0.5, 0.6) is 11.5 Å². The molecular weight excluding hydrogens is 560 g/mol. The normalized spacial score (nSPS) is 14.7. The van der Waals surface area contributed by atoms with E-state index in [9.17, 15) is 14.4 Å². The van der Waals surface area contributed by atoms with E-state index in [-0.39, 0.29) is 17.7 Å². The monoisotopic (exact) mass is 588 g/mol. The van der Waals surface area contributed by atoms with Crippen molar-refractivity contribution < 1.29 is 33.0 Å². The number of furan rings is 1. The smallest absolute Gasteiger partial charge is 0.338 e. The topological polar surface area (TPSA) is 119 Å². The van der Waals surface area contributed by atoms with Gasteiger partial charge in [0.2, 0.25) is 0 Å². The SMILES string of the molecule is CCOC(=O)C1=C(C)N=c2s/c(=C/c3ccc(-c4ccccc4C(=O)OC)o3)c(=O)n2[C@@H]1c1cc(OC)ccc1OC. The van der Waals surface area contributed by atoms with Crippen LogP contribution >= 0.6 is 11.3 Å². The van der Waals surface area contributed by atoms with E-state index in [0.29, 0.717) is 54.7 Å². The predicted molar refractivity (Wildman–Crippen MR) is 155 cm³/mol. The lowest BCUT2D eigenvalue weighted by Crippen LogP contribution is -2.40. The molecule has 0 aliphatic carbocycles. The van der Waals surface area contributed by atoms with Gasteiger partial charge in [0.15, 0.2) is 4.80 Å². The van der Waals surface area contributed by atoms with Gasteiger partial charge in [0.25, 0.3) is 5.56 Å². The summed E-state index contributed by atoms with van der Waals surface area (Å²) in [6.45, 7) is 3.58. The van der Waals surface area contributed by atoms with Crippen molar-refractivity contribution in [2.75, 3.05) is 27.9 Å². The molecule has 10 nitrogen and oxygen atoms in total. The van der Waals surface area contributed by atoms with Crippen LogP contribution in [-0.4, -0.2) is 44.4 Å². The molecule has 5 rings (SSSR count). The zero-order chi connectivity index (χ0) is 30.0. The molecule has 0 spiro atoms. The number of esters is 2. The lowest BCUT2D eigenvalue weighted by atomic mass is 9.95. The van der Waals surface area contributed by atoms with E-state index in [1.54, 1.807) is 74.5 Å². The summed E-state index contributed by atoms with van der Waals surface area (Å²) in [5.41, 5.74) is 1.73. The number of hydrogen-bond acceptors (Lipinski definition) is 10. The molecule has 0 amide bonds. The first kappa shape index (κ1) is 28.6. The van der Waals surface area contributed by atoms with E-state index in [4.69, 9.17) is 23.4 Å². The van der Waals surface area contributed by atoms with Gasteiger partial charge in [-0.2, -0.15) is 0 Å². The van der Waals surface area contributed by atoms with Gasteiger partial charge in [-0.3, -0.25) is 9.36 Å². The van der Waals surface area contributed by atoms with Crippen LogP contribution in [0.2, 0.25) is 0 Å². The minimum absolute atomic E-state index is 0.155. The van der Waals surface area contributed by atoms with E-state index in [0.717, 1.165) is 11.3 Å². The number of nitrogens with zero attached hydrogens (tertiary/aromatic N) is 2. The molecule has 0 radical (unpaired) electrons. The van der Waals surface area contributed by atoms with Crippen molar-refractivity contribution in [1.82, 2.24) is 4.57 Å². The summed E-state index contributed by atoms with van der Waals surface area (Å²) in [6, 6.07) is 14.7. The zero-order valence-electron chi connectivity index (χ0n) is 23.6. The first-order valence-corrected chi connectivity index (χ1v) is 13.8. The quantitative estimate of drug-likeness (QED) is 0.285. The van der Waals surface area contributed by atoms with E-state index < -0.39 is 18.0 Å². The highest BCUT2D eigenvalue weighted by Crippen LogP contribution is 2.38. The number of thiazole rings is 1. The Hall–Kier alpha value is -4.90. The summed E-state index contributed by atoms with van der Waals surface area (Å²) in [5.74, 6) is 0.759. The predicted octanol–water partition coefficient (Wildman–Crippen LogP) is 3.86. The van der Waals surface area contributed by atoms with Gasteiger partial charge < -0.3 is 23.4 Å². The second kappa shape index (κ2) is 11.9. The molecule has 2 aromatic heterocycles. The van der Waals surface area contributed by atoms with Crippen LogP contribution in [0, 0.1) is 0 Å². The largest absolute Gasteiger partial charge is 0.497 e. The number of carbonyl (C=O) groups excluding carboxylic acids is 2. The van der Waals surface area contributed by atoms with Gasteiger partial charge in [-0.25, -0.2) is 14.6 Å². The first-order chi connectivity index (χ1) is 20.3. The van der Waals surface area contributed by atoms with E-state index in [1.807, 2.05) is 0 Å². The molecule has 0 fully saturated rings. The van der Waals surface area contributed by atoms with Gasteiger partial charge in [0.05, 0.1) is 49.3 Å². The molecule has 3 heterocycles. The maximum atomic E-state index is 14.0. The van der Waals surface area contributed by atoms with Crippen molar-refractivity contribution in [1.29, 1.82) is 0 Å². The average Bonchev–Trinajstić information content (AvgIpc) is 3.59. The van der Waals surface area contributed by atoms with E-state index >= 15 is 0 Å². The Kier molecular flexibility index (Phi) is 8.12. The molecule has 1 aliphatic rings. The van der Waals surface area contributed by atoms with Crippen molar-refractivity contribution in [2.24, 2.45) is 4.99 Å². The Balaban J connectivity index is 1.67. The fourth-order valence-electron chi connectivity index (χ4n) is 4.83. The number of rotatable bonds is 8. The second-order valence-corrected chi connectivity index (χ2v) is 10.2. The van der Waals surface area contributed by atoms with Gasteiger partial charge in [-0.1, -0.05) is 29.5 Å². The van der Waals surface area contributed by atoms with Crippen LogP contribution in [0.4, 0.5) is 0 Å². The van der Waals surface area contributed by atoms with Crippen molar-refractivity contribution in [3.8, 4) is 22.8 Å². The highest BCUT2D eigenvalue weighted by Gasteiger charge is 2.35. The van der Waals surface area contributed by atoms with Gasteiger partial charge >= 0.3 is 11.9 Å². The van der Waals surface area contributed by atoms with Crippen LogP contribution in [0.1, 0.15) is 41.6 Å². The van der Waals surface area contributed by atoms with Crippen LogP contribution < -0.4 is 24.4 Å². The number of carbonyl (C=O) groups is 2. The molecule has 2 aromatic carbocycles. The van der Waals surface area contributed by atoms with Gasteiger partial charge in [0.1, 0.15) is 29.1 Å². The number of allylic oxidation sites excluding steroid dienone is 1. The van der Waals surface area contributed by atoms with Crippen LogP contribution in [-0.2, 0) is 14.3 Å². The summed E-state index contributed by atoms with van der Waals surface area (Å²) < 4.78 is 29.2. The number of methoxy groups -OCH3 is 3. The Morgan fingerprint density at radius 3 is 2.55 bits per heavy atom. The summed E-state index contributed by atoms with van der Waals surface area (Å²) in [7, 11) is 4.36. The molecule has 0 N–H and O–H groups in total. The van der Waals surface area contributed by atoms with Crippen molar-refractivity contribution >= 4 is 29.4 Å². The third-order valence-electron chi connectivity index (χ3n) is 6.75. The fraction of sp³-hybridized carbons (Fsp3) is 0.226. The molecule has 42 heavy (non-hydrogen) atoms. The number of fused-ring (bicyclic) bond motifs is 1. The molecule has 1 atom stereocenters. The Morgan fingerprint density at radius 1 is 1.05 bits per heavy atom. The number of hydrogen-bond donors (Lipinski definition) is 0. The minimum Gasteiger partial charge on any atom is -0.497 e.